The predicted molar refractivity (Wildman–Crippen MR) is 111 cm³/mol. The molecule has 1 aromatic rings. The molecule has 2 fully saturated rings. The van der Waals surface area contributed by atoms with Crippen LogP contribution in [0.5, 0.6) is 5.75 Å². The average molecular weight is 371 g/mol. The minimum absolute atomic E-state index is 0.790. The van der Waals surface area contributed by atoms with Crippen molar-refractivity contribution in [3.63, 3.8) is 0 Å². The zero-order chi connectivity index (χ0) is 18.5. The van der Waals surface area contributed by atoms with Gasteiger partial charge in [-0.05, 0) is 61.9 Å². The van der Waals surface area contributed by atoms with E-state index in [1.807, 2.05) is 7.05 Å². The van der Waals surface area contributed by atoms with Crippen LogP contribution in [0.25, 0.3) is 0 Å². The highest BCUT2D eigenvalue weighted by Gasteiger charge is 2.26. The Morgan fingerprint density at radius 3 is 2.96 bits per heavy atom. The minimum atomic E-state index is 0.790. The van der Waals surface area contributed by atoms with Gasteiger partial charge in [-0.15, -0.1) is 0 Å². The van der Waals surface area contributed by atoms with Gasteiger partial charge < -0.3 is 19.9 Å². The molecule has 27 heavy (non-hydrogen) atoms. The molecule has 1 unspecified atom stereocenters. The van der Waals surface area contributed by atoms with Crippen molar-refractivity contribution >= 4 is 5.96 Å². The molecule has 1 N–H and O–H groups in total. The van der Waals surface area contributed by atoms with Crippen molar-refractivity contribution in [1.29, 1.82) is 0 Å². The summed E-state index contributed by atoms with van der Waals surface area (Å²) >= 11 is 0. The van der Waals surface area contributed by atoms with E-state index in [0.717, 1.165) is 56.7 Å². The van der Waals surface area contributed by atoms with Crippen molar-refractivity contribution in [1.82, 2.24) is 15.1 Å². The Bertz CT molecular complexity index is 654. The largest absolute Gasteiger partial charge is 0.493 e. The fourth-order valence-corrected chi connectivity index (χ4v) is 4.73. The monoisotopic (exact) mass is 370 g/mol. The van der Waals surface area contributed by atoms with E-state index in [1.165, 1.54) is 56.4 Å². The maximum atomic E-state index is 5.60. The Balaban J connectivity index is 1.22. The fraction of sp³-hybridized carbons (Fsp3) is 0.682. The molecule has 4 rings (SSSR count). The van der Waals surface area contributed by atoms with E-state index in [4.69, 9.17) is 4.74 Å². The summed E-state index contributed by atoms with van der Waals surface area (Å²) < 4.78 is 5.60. The standard InChI is InChI=1S/C22H34N4O/c1-23-22(24-10-7-18-5-6-21-20(15-18)9-14-27-21)26-13-8-19(17-26)16-25-11-3-2-4-12-25/h5-6,15,19H,2-4,7-14,16-17H2,1H3,(H,23,24). The van der Waals surface area contributed by atoms with Crippen LogP contribution >= 0.6 is 0 Å². The molecule has 1 aromatic carbocycles. The average Bonchev–Trinajstić information content (AvgIpc) is 3.35. The number of likely N-dealkylation sites (tertiary alicyclic amines) is 2. The van der Waals surface area contributed by atoms with Crippen LogP contribution in [0.4, 0.5) is 0 Å². The number of guanidine groups is 1. The van der Waals surface area contributed by atoms with E-state index in [9.17, 15) is 0 Å². The minimum Gasteiger partial charge on any atom is -0.493 e. The second-order valence-electron chi connectivity index (χ2n) is 8.23. The zero-order valence-electron chi connectivity index (χ0n) is 16.8. The molecule has 0 saturated carbocycles. The van der Waals surface area contributed by atoms with Crippen LogP contribution in [-0.2, 0) is 12.8 Å². The first kappa shape index (κ1) is 18.6. The lowest BCUT2D eigenvalue weighted by atomic mass is 10.1. The molecule has 1 atom stereocenters. The number of rotatable bonds is 5. The summed E-state index contributed by atoms with van der Waals surface area (Å²) in [6.45, 7) is 7.91. The molecule has 3 heterocycles. The number of nitrogens with zero attached hydrogens (tertiary/aromatic N) is 3. The second-order valence-corrected chi connectivity index (χ2v) is 8.23. The van der Waals surface area contributed by atoms with E-state index < -0.39 is 0 Å². The van der Waals surface area contributed by atoms with Crippen LogP contribution in [0, 0.1) is 5.92 Å². The molecule has 0 aromatic heterocycles. The van der Waals surface area contributed by atoms with E-state index in [2.05, 4.69) is 38.3 Å². The lowest BCUT2D eigenvalue weighted by Gasteiger charge is -2.29. The molecule has 0 amide bonds. The van der Waals surface area contributed by atoms with Crippen LogP contribution in [0.15, 0.2) is 23.2 Å². The number of hydrogen-bond acceptors (Lipinski definition) is 3. The highest BCUT2D eigenvalue weighted by atomic mass is 16.5. The summed E-state index contributed by atoms with van der Waals surface area (Å²) in [7, 11) is 1.91. The van der Waals surface area contributed by atoms with Gasteiger partial charge >= 0.3 is 0 Å². The first-order chi connectivity index (χ1) is 13.3. The van der Waals surface area contributed by atoms with E-state index >= 15 is 0 Å². The van der Waals surface area contributed by atoms with Crippen LogP contribution in [0.3, 0.4) is 0 Å². The highest BCUT2D eigenvalue weighted by molar-refractivity contribution is 5.80. The van der Waals surface area contributed by atoms with Crippen LogP contribution in [0.2, 0.25) is 0 Å². The van der Waals surface area contributed by atoms with E-state index in [1.54, 1.807) is 0 Å². The SMILES string of the molecule is CN=C(NCCc1ccc2c(c1)CCO2)N1CCC(CN2CCCCC2)C1. The van der Waals surface area contributed by atoms with Crippen molar-refractivity contribution in [3.05, 3.63) is 29.3 Å². The first-order valence-electron chi connectivity index (χ1n) is 10.7. The lowest BCUT2D eigenvalue weighted by Crippen LogP contribution is -2.41. The topological polar surface area (TPSA) is 40.1 Å². The maximum absolute atomic E-state index is 5.60. The predicted octanol–water partition coefficient (Wildman–Crippen LogP) is 2.55. The van der Waals surface area contributed by atoms with Gasteiger partial charge in [0.25, 0.3) is 0 Å². The number of aliphatic imine (C=N–C) groups is 1. The first-order valence-corrected chi connectivity index (χ1v) is 10.7. The van der Waals surface area contributed by atoms with E-state index in [-0.39, 0.29) is 0 Å². The molecule has 0 aliphatic carbocycles. The summed E-state index contributed by atoms with van der Waals surface area (Å²) in [5.74, 6) is 2.93. The smallest absolute Gasteiger partial charge is 0.193 e. The van der Waals surface area contributed by atoms with Gasteiger partial charge in [-0.1, -0.05) is 18.6 Å². The highest BCUT2D eigenvalue weighted by Crippen LogP contribution is 2.26. The van der Waals surface area contributed by atoms with Gasteiger partial charge in [0.05, 0.1) is 6.61 Å². The molecule has 0 spiro atoms. The molecule has 3 aliphatic rings. The van der Waals surface area contributed by atoms with Gasteiger partial charge in [0, 0.05) is 39.6 Å². The van der Waals surface area contributed by atoms with Crippen molar-refractivity contribution in [2.75, 3.05) is 52.9 Å². The number of ether oxygens (including phenoxy) is 1. The molecule has 5 nitrogen and oxygen atoms in total. The number of nitrogens with one attached hydrogen (secondary N) is 1. The Hall–Kier alpha value is -1.75. The second kappa shape index (κ2) is 8.96. The van der Waals surface area contributed by atoms with E-state index in [0.29, 0.717) is 0 Å². The van der Waals surface area contributed by atoms with Gasteiger partial charge in [-0.3, -0.25) is 4.99 Å². The van der Waals surface area contributed by atoms with Gasteiger partial charge in [0.15, 0.2) is 5.96 Å². The summed E-state index contributed by atoms with van der Waals surface area (Å²) in [5, 5.41) is 3.58. The molecular weight excluding hydrogens is 336 g/mol. The summed E-state index contributed by atoms with van der Waals surface area (Å²) in [6, 6.07) is 6.62. The molecular formula is C22H34N4O. The molecule has 3 aliphatic heterocycles. The Labute approximate surface area is 163 Å². The Kier molecular flexibility index (Phi) is 6.17. The number of hydrogen-bond donors (Lipinski definition) is 1. The summed E-state index contributed by atoms with van der Waals surface area (Å²) in [5.41, 5.74) is 2.74. The van der Waals surface area contributed by atoms with Gasteiger partial charge in [-0.2, -0.15) is 0 Å². The fourth-order valence-electron chi connectivity index (χ4n) is 4.73. The number of piperidine rings is 1. The zero-order valence-corrected chi connectivity index (χ0v) is 16.8. The Morgan fingerprint density at radius 1 is 1.22 bits per heavy atom. The van der Waals surface area contributed by atoms with Crippen molar-refractivity contribution in [3.8, 4) is 5.75 Å². The van der Waals surface area contributed by atoms with Crippen LogP contribution in [-0.4, -0.2) is 68.7 Å². The molecule has 0 radical (unpaired) electrons. The van der Waals surface area contributed by atoms with Crippen LogP contribution in [0.1, 0.15) is 36.8 Å². The van der Waals surface area contributed by atoms with Crippen LogP contribution < -0.4 is 10.1 Å². The molecule has 2 saturated heterocycles. The number of benzene rings is 1. The summed E-state index contributed by atoms with van der Waals surface area (Å²) in [6.07, 6.45) is 7.55. The normalized spacial score (nSPS) is 23.4. The molecule has 0 bridgehead atoms. The quantitative estimate of drug-likeness (QED) is 0.639. The maximum Gasteiger partial charge on any atom is 0.193 e. The third-order valence-electron chi connectivity index (χ3n) is 6.21. The van der Waals surface area contributed by atoms with Crippen molar-refractivity contribution < 1.29 is 4.74 Å². The molecule has 148 valence electrons. The van der Waals surface area contributed by atoms with Gasteiger partial charge in [0.2, 0.25) is 0 Å². The summed E-state index contributed by atoms with van der Waals surface area (Å²) in [4.78, 5) is 9.66. The van der Waals surface area contributed by atoms with Gasteiger partial charge in [-0.25, -0.2) is 0 Å². The van der Waals surface area contributed by atoms with Gasteiger partial charge in [0.1, 0.15) is 5.75 Å². The lowest BCUT2D eigenvalue weighted by molar-refractivity contribution is 0.198. The number of fused-ring (bicyclic) bond motifs is 1. The van der Waals surface area contributed by atoms with Crippen molar-refractivity contribution in [2.45, 2.75) is 38.5 Å². The third kappa shape index (κ3) is 4.75. The third-order valence-corrected chi connectivity index (χ3v) is 6.21. The van der Waals surface area contributed by atoms with Crippen molar-refractivity contribution in [2.24, 2.45) is 10.9 Å². The molecule has 5 heteroatoms. The Morgan fingerprint density at radius 2 is 2.11 bits per heavy atom.